The molecule has 6 nitrogen and oxygen atoms in total. The molecule has 154 valence electrons. The molecule has 2 heterocycles. The van der Waals surface area contributed by atoms with Crippen molar-refractivity contribution < 1.29 is 28.1 Å². The molecule has 30 heavy (non-hydrogen) atoms. The molecular formula is C24H24NO5+. The van der Waals surface area contributed by atoms with Crippen molar-refractivity contribution in [3.05, 3.63) is 66.5 Å². The quantitative estimate of drug-likeness (QED) is 0.340. The molecule has 0 aliphatic carbocycles. The Morgan fingerprint density at radius 1 is 0.733 bits per heavy atom. The van der Waals surface area contributed by atoms with Crippen molar-refractivity contribution in [3.8, 4) is 28.7 Å². The Kier molecular flexibility index (Phi) is 5.48. The fourth-order valence-corrected chi connectivity index (χ4v) is 3.51. The molecule has 4 rings (SSSR count). The molecule has 0 spiro atoms. The fraction of sp³-hybridized carbons (Fsp3) is 0.208. The van der Waals surface area contributed by atoms with Crippen LogP contribution in [0.5, 0.6) is 28.7 Å². The predicted molar refractivity (Wildman–Crippen MR) is 114 cm³/mol. The van der Waals surface area contributed by atoms with Gasteiger partial charge in [0.25, 0.3) is 5.52 Å². The zero-order valence-electron chi connectivity index (χ0n) is 17.5. The number of hydrogen-bond acceptors (Lipinski definition) is 5. The van der Waals surface area contributed by atoms with Crippen LogP contribution in [-0.4, -0.2) is 28.4 Å². The van der Waals surface area contributed by atoms with Gasteiger partial charge in [-0.2, -0.15) is 4.40 Å². The van der Waals surface area contributed by atoms with Gasteiger partial charge in [-0.25, -0.2) is 0 Å². The number of fused-ring (bicyclic) bond motifs is 2. The minimum Gasteiger partial charge on any atom is -0.493 e. The smallest absolute Gasteiger partial charge is 0.253 e. The molecule has 0 saturated heterocycles. The summed E-state index contributed by atoms with van der Waals surface area (Å²) in [7, 11) is 6.46. The predicted octanol–water partition coefficient (Wildman–Crippen LogP) is 4.19. The van der Waals surface area contributed by atoms with Crippen molar-refractivity contribution in [1.82, 2.24) is 0 Å². The lowest BCUT2D eigenvalue weighted by Gasteiger charge is -2.14. The van der Waals surface area contributed by atoms with Crippen LogP contribution in [0.1, 0.15) is 5.56 Å². The molecule has 0 fully saturated rings. The first kappa shape index (κ1) is 19.6. The zero-order chi connectivity index (χ0) is 21.1. The number of aromatic nitrogens is 1. The lowest BCUT2D eigenvalue weighted by atomic mass is 10.1. The lowest BCUT2D eigenvalue weighted by Crippen LogP contribution is -2.20. The molecule has 6 heteroatoms. The molecule has 4 aromatic rings. The van der Waals surface area contributed by atoms with Crippen LogP contribution in [0.2, 0.25) is 0 Å². The maximum atomic E-state index is 6.05. The summed E-state index contributed by atoms with van der Waals surface area (Å²) in [6, 6.07) is 15.8. The van der Waals surface area contributed by atoms with E-state index in [0.29, 0.717) is 23.9 Å². The number of benzene rings is 2. The Bertz CT molecular complexity index is 1180. The van der Waals surface area contributed by atoms with Gasteiger partial charge in [0.1, 0.15) is 12.4 Å². The Morgan fingerprint density at radius 3 is 2.13 bits per heavy atom. The van der Waals surface area contributed by atoms with Crippen molar-refractivity contribution in [2.24, 2.45) is 0 Å². The van der Waals surface area contributed by atoms with E-state index >= 15 is 0 Å². The Morgan fingerprint density at radius 2 is 1.47 bits per heavy atom. The number of nitrogens with zero attached hydrogens (tertiary/aromatic N) is 1. The van der Waals surface area contributed by atoms with E-state index in [1.54, 1.807) is 28.4 Å². The van der Waals surface area contributed by atoms with Gasteiger partial charge in [-0.05, 0) is 47.3 Å². The van der Waals surface area contributed by atoms with Gasteiger partial charge in [0.05, 0.1) is 28.4 Å². The first-order valence-electron chi connectivity index (χ1n) is 9.50. The third kappa shape index (κ3) is 3.64. The van der Waals surface area contributed by atoms with Gasteiger partial charge >= 0.3 is 0 Å². The number of hydrogen-bond donors (Lipinski definition) is 0. The van der Waals surface area contributed by atoms with E-state index < -0.39 is 0 Å². The highest BCUT2D eigenvalue weighted by Gasteiger charge is 2.14. The van der Waals surface area contributed by atoms with Crippen molar-refractivity contribution in [2.45, 2.75) is 6.61 Å². The van der Waals surface area contributed by atoms with Crippen molar-refractivity contribution in [1.29, 1.82) is 0 Å². The first-order chi connectivity index (χ1) is 14.7. The van der Waals surface area contributed by atoms with Crippen LogP contribution < -0.4 is 28.1 Å². The molecule has 0 aliphatic rings. The Hall–Kier alpha value is -3.67. The van der Waals surface area contributed by atoms with Crippen molar-refractivity contribution in [3.63, 3.8) is 0 Å². The van der Waals surface area contributed by atoms with Gasteiger partial charge in [-0.15, -0.1) is 0 Å². The molecular weight excluding hydrogens is 382 g/mol. The standard InChI is InChI=1S/C24H24NO5/c1-26-21-6-5-9-25-14-17-7-8-19(12-18(17)13-20(21)25)30-15-16-10-22(27-2)24(29-4)23(11-16)28-3/h5-14H,15H2,1-4H3/q+1. The molecule has 0 amide bonds. The number of methoxy groups -OCH3 is 4. The van der Waals surface area contributed by atoms with Crippen molar-refractivity contribution >= 4 is 16.3 Å². The molecule has 0 bridgehead atoms. The molecule has 2 aromatic carbocycles. The van der Waals surface area contributed by atoms with Gasteiger partial charge in [0, 0.05) is 17.5 Å². The van der Waals surface area contributed by atoms with Gasteiger partial charge in [-0.1, -0.05) is 0 Å². The average Bonchev–Trinajstić information content (AvgIpc) is 2.79. The highest BCUT2D eigenvalue weighted by atomic mass is 16.5. The van der Waals surface area contributed by atoms with Crippen LogP contribution in [-0.2, 0) is 6.61 Å². The van der Waals surface area contributed by atoms with Crippen LogP contribution in [0.4, 0.5) is 0 Å². The molecule has 0 saturated carbocycles. The third-order valence-corrected chi connectivity index (χ3v) is 5.00. The molecule has 0 aliphatic heterocycles. The minimum atomic E-state index is 0.369. The maximum Gasteiger partial charge on any atom is 0.253 e. The molecule has 0 atom stereocenters. The normalized spacial score (nSPS) is 10.8. The fourth-order valence-electron chi connectivity index (χ4n) is 3.51. The summed E-state index contributed by atoms with van der Waals surface area (Å²) in [4.78, 5) is 0. The van der Waals surface area contributed by atoms with Crippen molar-refractivity contribution in [2.75, 3.05) is 28.4 Å². The van der Waals surface area contributed by atoms with Gasteiger partial charge in [-0.3, -0.25) is 0 Å². The van der Waals surface area contributed by atoms with E-state index in [4.69, 9.17) is 23.7 Å². The number of rotatable bonds is 7. The minimum absolute atomic E-state index is 0.369. The SMILES string of the molecule is COc1cc(COc2ccc3c[n+]4cccc(OC)c4cc3c2)cc(OC)c1OC. The Labute approximate surface area is 175 Å². The lowest BCUT2D eigenvalue weighted by molar-refractivity contribution is -0.510. The highest BCUT2D eigenvalue weighted by molar-refractivity contribution is 5.86. The van der Waals surface area contributed by atoms with Crippen LogP contribution in [0.15, 0.2) is 60.9 Å². The molecule has 0 N–H and O–H groups in total. The van der Waals surface area contributed by atoms with Gasteiger partial charge in [0.2, 0.25) is 5.75 Å². The second-order valence-electron chi connectivity index (χ2n) is 6.76. The largest absolute Gasteiger partial charge is 0.493 e. The summed E-state index contributed by atoms with van der Waals surface area (Å²) in [5.41, 5.74) is 1.91. The zero-order valence-corrected chi connectivity index (χ0v) is 17.5. The van der Waals surface area contributed by atoms with E-state index in [2.05, 4.69) is 16.7 Å². The average molecular weight is 406 g/mol. The topological polar surface area (TPSA) is 50.2 Å². The van der Waals surface area contributed by atoms with Crippen LogP contribution >= 0.6 is 0 Å². The number of ether oxygens (including phenoxy) is 5. The van der Waals surface area contributed by atoms with E-state index in [0.717, 1.165) is 33.4 Å². The van der Waals surface area contributed by atoms with E-state index in [1.807, 2.05) is 48.7 Å². The summed E-state index contributed by atoms with van der Waals surface area (Å²) in [6.07, 6.45) is 4.09. The Balaban J connectivity index is 1.63. The first-order valence-corrected chi connectivity index (χ1v) is 9.50. The van der Waals surface area contributed by atoms with E-state index in [-0.39, 0.29) is 0 Å². The maximum absolute atomic E-state index is 6.05. The molecule has 2 aromatic heterocycles. The van der Waals surface area contributed by atoms with Crippen LogP contribution in [0, 0.1) is 0 Å². The summed E-state index contributed by atoms with van der Waals surface area (Å²) in [6.45, 7) is 0.369. The number of pyridine rings is 2. The van der Waals surface area contributed by atoms with E-state index in [9.17, 15) is 0 Å². The second-order valence-corrected chi connectivity index (χ2v) is 6.76. The van der Waals surface area contributed by atoms with Crippen LogP contribution in [0.25, 0.3) is 16.3 Å². The summed E-state index contributed by atoms with van der Waals surface area (Å²) in [5.74, 6) is 3.36. The summed E-state index contributed by atoms with van der Waals surface area (Å²) in [5, 5.41) is 2.18. The van der Waals surface area contributed by atoms with E-state index in [1.165, 1.54) is 0 Å². The second kappa shape index (κ2) is 8.37. The third-order valence-electron chi connectivity index (χ3n) is 5.00. The van der Waals surface area contributed by atoms with Gasteiger partial charge in [0.15, 0.2) is 29.6 Å². The van der Waals surface area contributed by atoms with Crippen LogP contribution in [0.3, 0.4) is 0 Å². The summed E-state index contributed by atoms with van der Waals surface area (Å²) >= 11 is 0. The molecule has 0 unspecified atom stereocenters. The highest BCUT2D eigenvalue weighted by Crippen LogP contribution is 2.38. The molecule has 0 radical (unpaired) electrons. The van der Waals surface area contributed by atoms with Gasteiger partial charge < -0.3 is 23.7 Å². The monoisotopic (exact) mass is 406 g/mol. The summed E-state index contributed by atoms with van der Waals surface area (Å²) < 4.78 is 29.8.